The molecule has 6 aromatic rings. The van der Waals surface area contributed by atoms with Crippen LogP contribution in [0.2, 0.25) is 0 Å². The second kappa shape index (κ2) is 18.1. The van der Waals surface area contributed by atoms with Crippen LogP contribution in [-0.4, -0.2) is 33.9 Å². The molecule has 11 heteroatoms. The highest BCUT2D eigenvalue weighted by Crippen LogP contribution is 2.37. The van der Waals surface area contributed by atoms with Crippen LogP contribution in [0.1, 0.15) is 42.7 Å². The molecule has 0 saturated carbocycles. The van der Waals surface area contributed by atoms with Crippen LogP contribution < -0.4 is 20.7 Å². The molecule has 0 radical (unpaired) electrons. The Labute approximate surface area is 321 Å². The number of thioether (sulfide) groups is 1. The molecule has 6 aromatic carbocycles. The zero-order valence-electron chi connectivity index (χ0n) is 29.2. The molecule has 0 aromatic heterocycles. The second-order valence-corrected chi connectivity index (χ2v) is 13.3. The average Bonchev–Trinajstić information content (AvgIpc) is 3.21. The fourth-order valence-electron chi connectivity index (χ4n) is 5.36. The normalized spacial score (nSPS) is 11.5. The van der Waals surface area contributed by atoms with E-state index < -0.39 is 34.7 Å². The van der Waals surface area contributed by atoms with E-state index in [1.54, 1.807) is 84.9 Å². The van der Waals surface area contributed by atoms with Crippen molar-refractivity contribution in [2.45, 2.75) is 16.8 Å². The van der Waals surface area contributed by atoms with Crippen LogP contribution in [-0.2, 0) is 16.2 Å². The Kier molecular flexibility index (Phi) is 12.4. The van der Waals surface area contributed by atoms with Crippen molar-refractivity contribution in [3.63, 3.8) is 0 Å². The molecule has 1 atom stereocenters. The summed E-state index contributed by atoms with van der Waals surface area (Å²) < 4.78 is 5.89. The van der Waals surface area contributed by atoms with Gasteiger partial charge in [-0.05, 0) is 89.5 Å². The van der Waals surface area contributed by atoms with Crippen molar-refractivity contribution in [3.05, 3.63) is 191 Å². The van der Waals surface area contributed by atoms with Crippen molar-refractivity contribution in [2.75, 3.05) is 10.6 Å². The van der Waals surface area contributed by atoms with E-state index in [9.17, 15) is 29.4 Å². The first kappa shape index (κ1) is 37.6. The van der Waals surface area contributed by atoms with E-state index in [1.807, 2.05) is 60.7 Å². The molecule has 10 nitrogen and oxygen atoms in total. The van der Waals surface area contributed by atoms with Gasteiger partial charge in [0, 0.05) is 21.8 Å². The lowest BCUT2D eigenvalue weighted by Crippen LogP contribution is -2.30. The second-order valence-electron chi connectivity index (χ2n) is 12.1. The minimum Gasteiger partial charge on any atom is -0.507 e. The quantitative estimate of drug-likeness (QED) is 0.0422. The van der Waals surface area contributed by atoms with E-state index in [-0.39, 0.29) is 16.9 Å². The molecule has 1 unspecified atom stereocenters. The number of hydrogen-bond acceptors (Lipinski definition) is 7. The molecule has 274 valence electrons. The van der Waals surface area contributed by atoms with Gasteiger partial charge < -0.3 is 30.9 Å². The largest absolute Gasteiger partial charge is 0.507 e. The maximum atomic E-state index is 13.7. The van der Waals surface area contributed by atoms with Gasteiger partial charge in [-0.3, -0.25) is 14.4 Å². The number of hydrogen-bond donors (Lipinski definition) is 5. The lowest BCUT2D eigenvalue weighted by atomic mass is 10.1. The third-order valence-electron chi connectivity index (χ3n) is 8.17. The number of amides is 3. The van der Waals surface area contributed by atoms with Crippen molar-refractivity contribution in [2.24, 2.45) is 0 Å². The Morgan fingerprint density at radius 3 is 1.96 bits per heavy atom. The smallest absolute Gasteiger partial charge is 0.339 e. The van der Waals surface area contributed by atoms with Crippen LogP contribution in [0.25, 0.3) is 6.08 Å². The predicted molar refractivity (Wildman–Crippen MR) is 213 cm³/mol. The van der Waals surface area contributed by atoms with Gasteiger partial charge in [0.15, 0.2) is 0 Å². The van der Waals surface area contributed by atoms with Gasteiger partial charge in [-0.15, -0.1) is 11.8 Å². The van der Waals surface area contributed by atoms with Crippen molar-refractivity contribution in [1.82, 2.24) is 5.32 Å². The molecule has 0 saturated heterocycles. The number of phenols is 1. The van der Waals surface area contributed by atoms with Crippen LogP contribution in [0.4, 0.5) is 11.4 Å². The van der Waals surface area contributed by atoms with Crippen LogP contribution in [0.3, 0.4) is 0 Å². The summed E-state index contributed by atoms with van der Waals surface area (Å²) in [6.07, 6.45) is 1.58. The van der Waals surface area contributed by atoms with Crippen LogP contribution >= 0.6 is 11.8 Å². The van der Waals surface area contributed by atoms with Crippen molar-refractivity contribution < 1.29 is 34.1 Å². The standard InChI is InChI=1S/C44H35N3O7S/c48-39-25-20-34(27-37(39)44(52)53)46-43(51)40(31-12-6-2-7-13-31)55-36-23-18-33(19-24-36)45-42(50)38(47-41(49)32-14-8-3-9-15-32)26-29-16-21-35(22-17-29)54-28-30-10-4-1-5-11-30/h1-27,40,48H,28H2,(H,45,50)(H,46,51)(H,47,49)(H,52,53)/b38-26-. The zero-order chi connectivity index (χ0) is 38.6. The van der Waals surface area contributed by atoms with E-state index >= 15 is 0 Å². The molecule has 5 N–H and O–H groups in total. The minimum atomic E-state index is -1.32. The number of carboxylic acid groups (broad SMARTS) is 1. The lowest BCUT2D eigenvalue weighted by molar-refractivity contribution is -0.116. The molecular weight excluding hydrogens is 715 g/mol. The zero-order valence-corrected chi connectivity index (χ0v) is 30.0. The lowest BCUT2D eigenvalue weighted by Gasteiger charge is -2.18. The van der Waals surface area contributed by atoms with Gasteiger partial charge in [0.1, 0.15) is 34.6 Å². The monoisotopic (exact) mass is 749 g/mol. The van der Waals surface area contributed by atoms with Gasteiger partial charge in [0.25, 0.3) is 11.8 Å². The maximum absolute atomic E-state index is 13.7. The van der Waals surface area contributed by atoms with Crippen LogP contribution in [0, 0.1) is 0 Å². The first-order valence-corrected chi connectivity index (χ1v) is 17.9. The van der Waals surface area contributed by atoms with Gasteiger partial charge in [0.05, 0.1) is 0 Å². The molecule has 0 aliphatic carbocycles. The summed E-state index contributed by atoms with van der Waals surface area (Å²) in [5.41, 5.74) is 3.14. The maximum Gasteiger partial charge on any atom is 0.339 e. The third-order valence-corrected chi connectivity index (χ3v) is 9.44. The SMILES string of the molecule is O=C(Nc1ccc(SC(C(=O)Nc2ccc(O)c(C(=O)O)c2)c2ccccc2)cc1)/C(=C/c1ccc(OCc2ccccc2)cc1)NC(=O)c1ccccc1. The first-order chi connectivity index (χ1) is 26.7. The third kappa shape index (κ3) is 10.5. The summed E-state index contributed by atoms with van der Waals surface area (Å²) in [7, 11) is 0. The number of carboxylic acids is 1. The minimum absolute atomic E-state index is 0.0198. The average molecular weight is 750 g/mol. The van der Waals surface area contributed by atoms with Gasteiger partial charge in [-0.1, -0.05) is 91.0 Å². The fourth-order valence-corrected chi connectivity index (χ4v) is 6.38. The highest BCUT2D eigenvalue weighted by Gasteiger charge is 2.23. The predicted octanol–water partition coefficient (Wildman–Crippen LogP) is 8.55. The van der Waals surface area contributed by atoms with E-state index in [2.05, 4.69) is 16.0 Å². The molecule has 3 amide bonds. The van der Waals surface area contributed by atoms with Gasteiger partial charge in [-0.2, -0.15) is 0 Å². The number of aromatic hydroxyl groups is 1. The molecule has 0 aliphatic heterocycles. The molecule has 0 fully saturated rings. The fraction of sp³-hybridized carbons (Fsp3) is 0.0455. The summed E-state index contributed by atoms with van der Waals surface area (Å²) >= 11 is 1.26. The van der Waals surface area contributed by atoms with E-state index in [0.717, 1.165) is 5.56 Å². The van der Waals surface area contributed by atoms with Crippen molar-refractivity contribution in [3.8, 4) is 11.5 Å². The van der Waals surface area contributed by atoms with Gasteiger partial charge >= 0.3 is 5.97 Å². The molecular formula is C44H35N3O7S. The molecule has 0 bridgehead atoms. The van der Waals surface area contributed by atoms with Crippen molar-refractivity contribution in [1.29, 1.82) is 0 Å². The Hall–Kier alpha value is -7.11. The summed E-state index contributed by atoms with van der Waals surface area (Å²) in [6.45, 7) is 0.406. The summed E-state index contributed by atoms with van der Waals surface area (Å²) in [4.78, 5) is 52.6. The Bertz CT molecular complexity index is 2300. The Morgan fingerprint density at radius 1 is 0.691 bits per heavy atom. The number of aromatic carboxylic acids is 1. The number of carbonyl (C=O) groups excluding carboxylic acids is 3. The molecule has 0 aliphatic rings. The highest BCUT2D eigenvalue weighted by molar-refractivity contribution is 8.00. The van der Waals surface area contributed by atoms with Crippen LogP contribution in [0.5, 0.6) is 11.5 Å². The van der Waals surface area contributed by atoms with Gasteiger partial charge in [0.2, 0.25) is 5.91 Å². The number of nitrogens with one attached hydrogen (secondary N) is 3. The number of anilines is 2. The number of rotatable bonds is 14. The molecule has 0 spiro atoms. The van der Waals surface area contributed by atoms with Gasteiger partial charge in [-0.25, -0.2) is 4.79 Å². The van der Waals surface area contributed by atoms with Crippen molar-refractivity contribution >= 4 is 52.9 Å². The summed E-state index contributed by atoms with van der Waals surface area (Å²) in [5, 5.41) is 26.9. The van der Waals surface area contributed by atoms with E-state index in [1.165, 1.54) is 30.0 Å². The highest BCUT2D eigenvalue weighted by atomic mass is 32.2. The molecule has 6 rings (SSSR count). The molecule has 55 heavy (non-hydrogen) atoms. The molecule has 0 heterocycles. The number of carbonyl (C=O) groups is 4. The summed E-state index contributed by atoms with van der Waals surface area (Å²) in [5.74, 6) is -2.49. The topological polar surface area (TPSA) is 154 Å². The van der Waals surface area contributed by atoms with E-state index in [4.69, 9.17) is 4.74 Å². The first-order valence-electron chi connectivity index (χ1n) is 17.1. The summed E-state index contributed by atoms with van der Waals surface area (Å²) in [6, 6.07) is 45.3. The van der Waals surface area contributed by atoms with E-state index in [0.29, 0.717) is 39.6 Å². The Balaban J connectivity index is 1.17. The number of benzene rings is 6. The Morgan fingerprint density at radius 2 is 1.31 bits per heavy atom. The number of ether oxygens (including phenoxy) is 1. The van der Waals surface area contributed by atoms with Crippen LogP contribution in [0.15, 0.2) is 168 Å².